The number of nitrogens with one attached hydrogen (secondary N) is 1. The van der Waals surface area contributed by atoms with Crippen LogP contribution in [-0.4, -0.2) is 21.4 Å². The standard InChI is InChI=1S/C19H21N3OS/c1-2-3-12-23-17-11-7-8-15(13-17)14-18-20-21-19(24)22(18)16-9-5-4-6-10-16/h4-11,13H,2-3,12,14H2,1H3,(H,21,24). The van der Waals surface area contributed by atoms with Crippen molar-refractivity contribution in [2.75, 3.05) is 6.61 Å². The molecule has 1 aromatic heterocycles. The minimum Gasteiger partial charge on any atom is -0.494 e. The smallest absolute Gasteiger partial charge is 0.199 e. The van der Waals surface area contributed by atoms with E-state index >= 15 is 0 Å². The van der Waals surface area contributed by atoms with E-state index in [4.69, 9.17) is 17.0 Å². The Labute approximate surface area is 147 Å². The predicted octanol–water partition coefficient (Wildman–Crippen LogP) is 4.70. The summed E-state index contributed by atoms with van der Waals surface area (Å²) in [5.41, 5.74) is 2.16. The molecule has 24 heavy (non-hydrogen) atoms. The summed E-state index contributed by atoms with van der Waals surface area (Å²) in [6, 6.07) is 18.2. The van der Waals surface area contributed by atoms with Gasteiger partial charge in [0.15, 0.2) is 4.77 Å². The number of nitrogens with zero attached hydrogens (tertiary/aromatic N) is 2. The van der Waals surface area contributed by atoms with Crippen LogP contribution in [0.5, 0.6) is 5.75 Å². The van der Waals surface area contributed by atoms with Gasteiger partial charge in [0.1, 0.15) is 11.6 Å². The van der Waals surface area contributed by atoms with Crippen molar-refractivity contribution < 1.29 is 4.74 Å². The van der Waals surface area contributed by atoms with E-state index < -0.39 is 0 Å². The lowest BCUT2D eigenvalue weighted by Gasteiger charge is -2.09. The molecular weight excluding hydrogens is 318 g/mol. The number of hydrogen-bond acceptors (Lipinski definition) is 3. The van der Waals surface area contributed by atoms with Gasteiger partial charge in [0.2, 0.25) is 0 Å². The Balaban J connectivity index is 1.82. The molecule has 0 saturated heterocycles. The lowest BCUT2D eigenvalue weighted by molar-refractivity contribution is 0.309. The maximum Gasteiger partial charge on any atom is 0.199 e. The molecule has 0 fully saturated rings. The predicted molar refractivity (Wildman–Crippen MR) is 98.4 cm³/mol. The van der Waals surface area contributed by atoms with E-state index in [1.54, 1.807) is 0 Å². The Morgan fingerprint density at radius 3 is 2.75 bits per heavy atom. The van der Waals surface area contributed by atoms with Crippen molar-refractivity contribution in [2.24, 2.45) is 0 Å². The van der Waals surface area contributed by atoms with Gasteiger partial charge in [-0.15, -0.1) is 0 Å². The first-order valence-electron chi connectivity index (χ1n) is 8.21. The first-order valence-corrected chi connectivity index (χ1v) is 8.62. The van der Waals surface area contributed by atoms with Gasteiger partial charge < -0.3 is 4.74 Å². The molecule has 0 aliphatic heterocycles. The van der Waals surface area contributed by atoms with Crippen LogP contribution in [-0.2, 0) is 6.42 Å². The van der Waals surface area contributed by atoms with Crippen molar-refractivity contribution in [1.82, 2.24) is 14.8 Å². The van der Waals surface area contributed by atoms with E-state index in [-0.39, 0.29) is 0 Å². The summed E-state index contributed by atoms with van der Waals surface area (Å²) in [5, 5.41) is 7.29. The Morgan fingerprint density at radius 2 is 1.96 bits per heavy atom. The van der Waals surface area contributed by atoms with Crippen molar-refractivity contribution in [3.8, 4) is 11.4 Å². The molecule has 0 aliphatic rings. The number of aromatic nitrogens is 3. The molecule has 0 aliphatic carbocycles. The van der Waals surface area contributed by atoms with Gasteiger partial charge in [-0.1, -0.05) is 43.7 Å². The number of rotatable bonds is 7. The highest BCUT2D eigenvalue weighted by Gasteiger charge is 2.09. The summed E-state index contributed by atoms with van der Waals surface area (Å²) in [4.78, 5) is 0. The van der Waals surface area contributed by atoms with Gasteiger partial charge in [-0.05, 0) is 48.5 Å². The van der Waals surface area contributed by atoms with E-state index in [0.29, 0.717) is 11.2 Å². The van der Waals surface area contributed by atoms with Crippen LogP contribution in [0.4, 0.5) is 0 Å². The fourth-order valence-electron chi connectivity index (χ4n) is 2.55. The zero-order valence-corrected chi connectivity index (χ0v) is 14.6. The molecule has 1 N–H and O–H groups in total. The van der Waals surface area contributed by atoms with E-state index in [2.05, 4.69) is 29.3 Å². The molecule has 0 atom stereocenters. The van der Waals surface area contributed by atoms with E-state index in [1.807, 2.05) is 47.0 Å². The van der Waals surface area contributed by atoms with E-state index in [0.717, 1.165) is 42.3 Å². The molecule has 4 nitrogen and oxygen atoms in total. The van der Waals surface area contributed by atoms with Crippen LogP contribution < -0.4 is 4.74 Å². The van der Waals surface area contributed by atoms with Crippen LogP contribution in [0.3, 0.4) is 0 Å². The molecule has 0 spiro atoms. The molecule has 3 aromatic rings. The van der Waals surface area contributed by atoms with Crippen molar-refractivity contribution in [2.45, 2.75) is 26.2 Å². The van der Waals surface area contributed by atoms with Gasteiger partial charge in [0, 0.05) is 12.1 Å². The highest BCUT2D eigenvalue weighted by molar-refractivity contribution is 7.71. The van der Waals surface area contributed by atoms with Crippen LogP contribution >= 0.6 is 12.2 Å². The Bertz CT molecular complexity index is 839. The molecular formula is C19H21N3OS. The second kappa shape index (κ2) is 7.93. The lowest BCUT2D eigenvalue weighted by atomic mass is 10.1. The van der Waals surface area contributed by atoms with Gasteiger partial charge >= 0.3 is 0 Å². The third-order valence-corrected chi connectivity index (χ3v) is 4.06. The first kappa shape index (κ1) is 16.5. The van der Waals surface area contributed by atoms with Crippen LogP contribution in [0.2, 0.25) is 0 Å². The number of para-hydroxylation sites is 1. The summed E-state index contributed by atoms with van der Waals surface area (Å²) >= 11 is 5.39. The minimum atomic E-state index is 0.603. The van der Waals surface area contributed by atoms with Gasteiger partial charge in [-0.25, -0.2) is 0 Å². The molecule has 2 aromatic carbocycles. The zero-order valence-electron chi connectivity index (χ0n) is 13.7. The fraction of sp³-hybridized carbons (Fsp3) is 0.263. The van der Waals surface area contributed by atoms with Crippen molar-refractivity contribution in [3.63, 3.8) is 0 Å². The fourth-order valence-corrected chi connectivity index (χ4v) is 2.81. The summed E-state index contributed by atoms with van der Waals surface area (Å²) in [7, 11) is 0. The number of unbranched alkanes of at least 4 members (excludes halogenated alkanes) is 1. The number of benzene rings is 2. The molecule has 5 heteroatoms. The maximum absolute atomic E-state index is 5.79. The maximum atomic E-state index is 5.79. The summed E-state index contributed by atoms with van der Waals surface area (Å²) in [5.74, 6) is 1.79. The molecule has 0 unspecified atom stereocenters. The Kier molecular flexibility index (Phi) is 5.43. The van der Waals surface area contributed by atoms with Gasteiger partial charge in [0.25, 0.3) is 0 Å². The lowest BCUT2D eigenvalue weighted by Crippen LogP contribution is -2.03. The van der Waals surface area contributed by atoms with Crippen LogP contribution in [0.15, 0.2) is 54.6 Å². The highest BCUT2D eigenvalue weighted by Crippen LogP contribution is 2.18. The Morgan fingerprint density at radius 1 is 1.12 bits per heavy atom. The average Bonchev–Trinajstić information content (AvgIpc) is 2.97. The molecule has 0 saturated carbocycles. The summed E-state index contributed by atoms with van der Waals surface area (Å²) in [6.45, 7) is 2.91. The number of ether oxygens (including phenoxy) is 1. The molecule has 0 radical (unpaired) electrons. The second-order valence-electron chi connectivity index (χ2n) is 5.64. The normalized spacial score (nSPS) is 10.7. The monoisotopic (exact) mass is 339 g/mol. The van der Waals surface area contributed by atoms with Gasteiger partial charge in [0.05, 0.1) is 6.61 Å². The van der Waals surface area contributed by atoms with Crippen LogP contribution in [0.25, 0.3) is 5.69 Å². The van der Waals surface area contributed by atoms with Crippen LogP contribution in [0, 0.1) is 4.77 Å². The first-order chi connectivity index (χ1) is 11.8. The zero-order chi connectivity index (χ0) is 16.8. The van der Waals surface area contributed by atoms with Gasteiger partial charge in [-0.3, -0.25) is 9.67 Å². The minimum absolute atomic E-state index is 0.603. The molecule has 0 bridgehead atoms. The van der Waals surface area contributed by atoms with Crippen molar-refractivity contribution in [1.29, 1.82) is 0 Å². The van der Waals surface area contributed by atoms with E-state index in [1.165, 1.54) is 0 Å². The van der Waals surface area contributed by atoms with Gasteiger partial charge in [-0.2, -0.15) is 5.10 Å². The number of aromatic amines is 1. The Hall–Kier alpha value is -2.40. The van der Waals surface area contributed by atoms with Crippen molar-refractivity contribution in [3.05, 3.63) is 70.8 Å². The molecule has 0 amide bonds. The topological polar surface area (TPSA) is 42.8 Å². The number of H-pyrrole nitrogens is 1. The third-order valence-electron chi connectivity index (χ3n) is 3.78. The molecule has 124 valence electrons. The molecule has 1 heterocycles. The summed E-state index contributed by atoms with van der Waals surface area (Å²) in [6.07, 6.45) is 2.88. The summed E-state index contributed by atoms with van der Waals surface area (Å²) < 4.78 is 8.36. The SMILES string of the molecule is CCCCOc1cccc(Cc2n[nH]c(=S)n2-c2ccccc2)c1. The second-order valence-corrected chi connectivity index (χ2v) is 6.03. The number of hydrogen-bond donors (Lipinski definition) is 1. The average molecular weight is 339 g/mol. The quantitative estimate of drug-likeness (QED) is 0.501. The largest absolute Gasteiger partial charge is 0.494 e. The third kappa shape index (κ3) is 3.92. The van der Waals surface area contributed by atoms with E-state index in [9.17, 15) is 0 Å². The van der Waals surface area contributed by atoms with Crippen molar-refractivity contribution >= 4 is 12.2 Å². The highest BCUT2D eigenvalue weighted by atomic mass is 32.1. The van der Waals surface area contributed by atoms with Crippen LogP contribution in [0.1, 0.15) is 31.2 Å². The molecule has 3 rings (SSSR count).